The quantitative estimate of drug-likeness (QED) is 0.863. The number of methoxy groups -OCH3 is 1. The van der Waals surface area contributed by atoms with Gasteiger partial charge in [0.15, 0.2) is 0 Å². The first-order valence-electron chi connectivity index (χ1n) is 5.74. The van der Waals surface area contributed by atoms with Crippen molar-refractivity contribution < 1.29 is 19.4 Å². The molecule has 0 saturated carbocycles. The molecule has 1 aliphatic heterocycles. The van der Waals surface area contributed by atoms with Crippen LogP contribution in [0.4, 0.5) is 4.79 Å². The maximum absolute atomic E-state index is 11.5. The molecular weight excluding hydrogens is 234 g/mol. The standard InChI is InChI=1S/C13H15NO4/c1-18-13(17)14-7-10(11(8-14)12(15)16)9-5-3-2-4-6-9/h2-6,10-11H,7-8H2,1H3,(H,15,16)/t10-,11-/m1/s1. The first-order chi connectivity index (χ1) is 8.63. The molecule has 1 heterocycles. The lowest BCUT2D eigenvalue weighted by molar-refractivity contribution is -0.141. The number of carbonyl (C=O) groups is 2. The maximum atomic E-state index is 11.5. The van der Waals surface area contributed by atoms with Gasteiger partial charge in [0.05, 0.1) is 13.0 Å². The number of hydrogen-bond donors (Lipinski definition) is 1. The fourth-order valence-corrected chi connectivity index (χ4v) is 2.37. The molecule has 1 amide bonds. The van der Waals surface area contributed by atoms with Gasteiger partial charge in [0.1, 0.15) is 0 Å². The molecule has 1 saturated heterocycles. The van der Waals surface area contributed by atoms with Crippen LogP contribution in [0.5, 0.6) is 0 Å². The van der Waals surface area contributed by atoms with Crippen molar-refractivity contribution in [2.45, 2.75) is 5.92 Å². The Hall–Kier alpha value is -2.04. The van der Waals surface area contributed by atoms with Gasteiger partial charge < -0.3 is 14.7 Å². The lowest BCUT2D eigenvalue weighted by Gasteiger charge is -2.15. The van der Waals surface area contributed by atoms with Crippen LogP contribution >= 0.6 is 0 Å². The molecule has 1 N–H and O–H groups in total. The van der Waals surface area contributed by atoms with Gasteiger partial charge >= 0.3 is 12.1 Å². The van der Waals surface area contributed by atoms with Crippen molar-refractivity contribution in [1.82, 2.24) is 4.90 Å². The second kappa shape index (κ2) is 5.08. The third-order valence-corrected chi connectivity index (χ3v) is 3.30. The van der Waals surface area contributed by atoms with Gasteiger partial charge in [-0.05, 0) is 5.56 Å². The van der Waals surface area contributed by atoms with Crippen LogP contribution in [0.3, 0.4) is 0 Å². The zero-order chi connectivity index (χ0) is 13.1. The van der Waals surface area contributed by atoms with Crippen molar-refractivity contribution in [1.29, 1.82) is 0 Å². The number of ether oxygens (including phenoxy) is 1. The first kappa shape index (κ1) is 12.4. The maximum Gasteiger partial charge on any atom is 0.409 e. The smallest absolute Gasteiger partial charge is 0.409 e. The number of rotatable bonds is 2. The van der Waals surface area contributed by atoms with Crippen LogP contribution in [-0.2, 0) is 9.53 Å². The molecule has 2 atom stereocenters. The summed E-state index contributed by atoms with van der Waals surface area (Å²) in [6, 6.07) is 9.40. The van der Waals surface area contributed by atoms with Gasteiger partial charge in [0, 0.05) is 19.0 Å². The van der Waals surface area contributed by atoms with Gasteiger partial charge in [-0.3, -0.25) is 4.79 Å². The normalized spacial score (nSPS) is 22.8. The summed E-state index contributed by atoms with van der Waals surface area (Å²) < 4.78 is 4.64. The van der Waals surface area contributed by atoms with Crippen molar-refractivity contribution in [3.05, 3.63) is 35.9 Å². The molecule has 5 nitrogen and oxygen atoms in total. The van der Waals surface area contributed by atoms with Crippen molar-refractivity contribution >= 4 is 12.1 Å². The molecule has 1 aromatic rings. The molecule has 2 rings (SSSR count). The highest BCUT2D eigenvalue weighted by molar-refractivity contribution is 5.75. The lowest BCUT2D eigenvalue weighted by Crippen LogP contribution is -2.29. The Balaban J connectivity index is 2.23. The van der Waals surface area contributed by atoms with Crippen LogP contribution in [-0.4, -0.2) is 42.3 Å². The lowest BCUT2D eigenvalue weighted by atomic mass is 9.89. The third-order valence-electron chi connectivity index (χ3n) is 3.30. The van der Waals surface area contributed by atoms with E-state index in [0.29, 0.717) is 6.54 Å². The summed E-state index contributed by atoms with van der Waals surface area (Å²) in [6.45, 7) is 0.579. The first-order valence-corrected chi connectivity index (χ1v) is 5.74. The highest BCUT2D eigenvalue weighted by atomic mass is 16.5. The van der Waals surface area contributed by atoms with E-state index in [1.807, 2.05) is 30.3 Å². The highest BCUT2D eigenvalue weighted by Gasteiger charge is 2.40. The number of carbonyl (C=O) groups excluding carboxylic acids is 1. The van der Waals surface area contributed by atoms with Crippen molar-refractivity contribution in [3.8, 4) is 0 Å². The fraction of sp³-hybridized carbons (Fsp3) is 0.385. The summed E-state index contributed by atoms with van der Waals surface area (Å²) in [5.41, 5.74) is 0.941. The molecule has 18 heavy (non-hydrogen) atoms. The van der Waals surface area contributed by atoms with Gasteiger partial charge in [-0.15, -0.1) is 0 Å². The van der Waals surface area contributed by atoms with Crippen LogP contribution in [0, 0.1) is 5.92 Å². The monoisotopic (exact) mass is 249 g/mol. The molecule has 0 aromatic heterocycles. The van der Waals surface area contributed by atoms with Gasteiger partial charge in [-0.1, -0.05) is 30.3 Å². The molecule has 0 radical (unpaired) electrons. The topological polar surface area (TPSA) is 66.8 Å². The van der Waals surface area contributed by atoms with Gasteiger partial charge in [-0.2, -0.15) is 0 Å². The summed E-state index contributed by atoms with van der Waals surface area (Å²) in [5, 5.41) is 9.24. The number of carboxylic acid groups (broad SMARTS) is 1. The molecule has 0 aliphatic carbocycles. The van der Waals surface area contributed by atoms with Gasteiger partial charge in [0.2, 0.25) is 0 Å². The van der Waals surface area contributed by atoms with E-state index in [1.165, 1.54) is 12.0 Å². The summed E-state index contributed by atoms with van der Waals surface area (Å²) >= 11 is 0. The van der Waals surface area contributed by atoms with E-state index in [-0.39, 0.29) is 12.5 Å². The van der Waals surface area contributed by atoms with Crippen molar-refractivity contribution in [2.24, 2.45) is 5.92 Å². The Morgan fingerprint density at radius 2 is 1.94 bits per heavy atom. The van der Waals surface area contributed by atoms with Crippen molar-refractivity contribution in [2.75, 3.05) is 20.2 Å². The minimum atomic E-state index is -0.879. The average molecular weight is 249 g/mol. The number of benzene rings is 1. The van der Waals surface area contributed by atoms with Crippen LogP contribution in [0.25, 0.3) is 0 Å². The number of nitrogens with zero attached hydrogens (tertiary/aromatic N) is 1. The van der Waals surface area contributed by atoms with E-state index in [1.54, 1.807) is 0 Å². The van der Waals surface area contributed by atoms with Gasteiger partial charge in [-0.25, -0.2) is 4.79 Å². The number of hydrogen-bond acceptors (Lipinski definition) is 3. The SMILES string of the molecule is COC(=O)N1C[C@H](c2ccccc2)[C@H](C(=O)O)C1. The Morgan fingerprint density at radius 1 is 1.28 bits per heavy atom. The molecule has 0 bridgehead atoms. The summed E-state index contributed by atoms with van der Waals surface area (Å²) in [6.07, 6.45) is -0.473. The number of carboxylic acids is 1. The molecule has 1 aliphatic rings. The van der Waals surface area contributed by atoms with Crippen LogP contribution < -0.4 is 0 Å². The Morgan fingerprint density at radius 3 is 2.50 bits per heavy atom. The molecule has 0 unspecified atom stereocenters. The van der Waals surface area contributed by atoms with E-state index in [9.17, 15) is 14.7 Å². The zero-order valence-electron chi connectivity index (χ0n) is 10.1. The van der Waals surface area contributed by atoms with E-state index in [0.717, 1.165) is 5.56 Å². The predicted molar refractivity (Wildman–Crippen MR) is 64.3 cm³/mol. The largest absolute Gasteiger partial charge is 0.481 e. The van der Waals surface area contributed by atoms with E-state index in [2.05, 4.69) is 4.74 Å². The molecular formula is C13H15NO4. The second-order valence-electron chi connectivity index (χ2n) is 4.34. The number of amides is 1. The van der Waals surface area contributed by atoms with E-state index >= 15 is 0 Å². The fourth-order valence-electron chi connectivity index (χ4n) is 2.37. The van der Waals surface area contributed by atoms with Crippen molar-refractivity contribution in [3.63, 3.8) is 0 Å². The van der Waals surface area contributed by atoms with Crippen LogP contribution in [0.1, 0.15) is 11.5 Å². The Labute approximate surface area is 105 Å². The summed E-state index contributed by atoms with van der Waals surface area (Å²) in [4.78, 5) is 24.2. The molecule has 96 valence electrons. The Kier molecular flexibility index (Phi) is 3.50. The summed E-state index contributed by atoms with van der Waals surface area (Å²) in [5.74, 6) is -1.63. The highest BCUT2D eigenvalue weighted by Crippen LogP contribution is 2.33. The van der Waals surface area contributed by atoms with Gasteiger partial charge in [0.25, 0.3) is 0 Å². The van der Waals surface area contributed by atoms with Crippen LogP contribution in [0.2, 0.25) is 0 Å². The zero-order valence-corrected chi connectivity index (χ0v) is 10.1. The molecule has 5 heteroatoms. The third kappa shape index (κ3) is 2.30. The minimum absolute atomic E-state index is 0.178. The van der Waals surface area contributed by atoms with Crippen LogP contribution in [0.15, 0.2) is 30.3 Å². The minimum Gasteiger partial charge on any atom is -0.481 e. The van der Waals surface area contributed by atoms with E-state index in [4.69, 9.17) is 0 Å². The van der Waals surface area contributed by atoms with E-state index < -0.39 is 18.0 Å². The molecule has 1 fully saturated rings. The summed E-state index contributed by atoms with van der Waals surface area (Å²) in [7, 11) is 1.30. The molecule has 1 aromatic carbocycles. The Bertz CT molecular complexity index is 446. The predicted octanol–water partition coefficient (Wildman–Crippen LogP) is 1.55. The average Bonchev–Trinajstić information content (AvgIpc) is 2.84. The number of likely N-dealkylation sites (tertiary alicyclic amines) is 1. The molecule has 0 spiro atoms. The number of aliphatic carboxylic acids is 1. The second-order valence-corrected chi connectivity index (χ2v) is 4.34.